The number of Topliss-reactive ketones (excluding diaryl/α,β-unsaturated/α-hetero) is 1. The highest BCUT2D eigenvalue weighted by molar-refractivity contribution is 5.95. The molecule has 0 radical (unpaired) electrons. The van der Waals surface area contributed by atoms with Gasteiger partial charge in [0.15, 0.2) is 5.78 Å². The second-order valence-corrected chi connectivity index (χ2v) is 3.64. The van der Waals surface area contributed by atoms with Crippen LogP contribution in [-0.4, -0.2) is 12.5 Å². The van der Waals surface area contributed by atoms with Gasteiger partial charge in [-0.05, 0) is 12.8 Å². The Bertz CT molecular complexity index is 282. The van der Waals surface area contributed by atoms with Crippen LogP contribution < -0.4 is 0 Å². The molecule has 1 aromatic carbocycles. The molecule has 0 atom stereocenters. The molecule has 0 unspecified atom stereocenters. The van der Waals surface area contributed by atoms with Gasteiger partial charge in [0, 0.05) is 12.0 Å². The highest BCUT2D eigenvalue weighted by Crippen LogP contribution is 2.08. The van der Waals surface area contributed by atoms with Crippen molar-refractivity contribution in [3.8, 4) is 0 Å². The average Bonchev–Trinajstić information content (AvgIpc) is 2.30. The molecule has 15 heavy (non-hydrogen) atoms. The second kappa shape index (κ2) is 7.16. The smallest absolute Gasteiger partial charge is 0.162 e. The van der Waals surface area contributed by atoms with Crippen molar-refractivity contribution in [1.29, 1.82) is 0 Å². The second-order valence-electron chi connectivity index (χ2n) is 3.64. The van der Waals surface area contributed by atoms with E-state index in [1.54, 1.807) is 0 Å². The van der Waals surface area contributed by atoms with E-state index in [4.69, 9.17) is 0 Å². The third-order valence-corrected chi connectivity index (χ3v) is 2.38. The van der Waals surface area contributed by atoms with Gasteiger partial charge in [0.25, 0.3) is 0 Å². The van der Waals surface area contributed by atoms with Crippen LogP contribution in [0.15, 0.2) is 30.3 Å². The lowest BCUT2D eigenvalue weighted by Crippen LogP contribution is -1.98. The lowest BCUT2D eigenvalue weighted by Gasteiger charge is -2.00. The molecule has 0 saturated heterocycles. The highest BCUT2D eigenvalue weighted by Gasteiger charge is 2.03. The van der Waals surface area contributed by atoms with Gasteiger partial charge in [-0.3, -0.25) is 9.18 Å². The Morgan fingerprint density at radius 2 is 1.67 bits per heavy atom. The van der Waals surface area contributed by atoms with Crippen LogP contribution in [0.2, 0.25) is 0 Å². The summed E-state index contributed by atoms with van der Waals surface area (Å²) >= 11 is 0. The Labute approximate surface area is 90.3 Å². The molecule has 0 bridgehead atoms. The Morgan fingerprint density at radius 3 is 2.33 bits per heavy atom. The molecule has 0 amide bonds. The van der Waals surface area contributed by atoms with Crippen molar-refractivity contribution < 1.29 is 9.18 Å². The number of carbonyl (C=O) groups is 1. The van der Waals surface area contributed by atoms with Crippen LogP contribution in [0.25, 0.3) is 0 Å². The lowest BCUT2D eigenvalue weighted by atomic mass is 10.0. The lowest BCUT2D eigenvalue weighted by molar-refractivity contribution is 0.0979. The first kappa shape index (κ1) is 11.9. The van der Waals surface area contributed by atoms with Gasteiger partial charge in [-0.15, -0.1) is 0 Å². The van der Waals surface area contributed by atoms with Crippen molar-refractivity contribution in [3.05, 3.63) is 35.9 Å². The number of carbonyl (C=O) groups excluding carboxylic acids is 1. The predicted molar refractivity (Wildman–Crippen MR) is 59.8 cm³/mol. The van der Waals surface area contributed by atoms with Crippen LogP contribution in [0.5, 0.6) is 0 Å². The maximum atomic E-state index is 11.8. The Balaban J connectivity index is 2.20. The maximum absolute atomic E-state index is 11.8. The minimum Gasteiger partial charge on any atom is -0.294 e. The zero-order valence-electron chi connectivity index (χ0n) is 8.92. The summed E-state index contributed by atoms with van der Waals surface area (Å²) in [4.78, 5) is 11.6. The summed E-state index contributed by atoms with van der Waals surface area (Å²) in [5, 5.41) is 0. The molecule has 2 heteroatoms. The Hall–Kier alpha value is -1.18. The van der Waals surface area contributed by atoms with E-state index in [2.05, 4.69) is 0 Å². The third-order valence-electron chi connectivity index (χ3n) is 2.38. The first-order valence-corrected chi connectivity index (χ1v) is 5.49. The van der Waals surface area contributed by atoms with Gasteiger partial charge in [-0.1, -0.05) is 43.2 Å². The molecular formula is C13H17FO. The van der Waals surface area contributed by atoms with E-state index in [0.717, 1.165) is 24.8 Å². The number of rotatable bonds is 7. The molecule has 0 aliphatic carbocycles. The van der Waals surface area contributed by atoms with Crippen LogP contribution >= 0.6 is 0 Å². The first-order chi connectivity index (χ1) is 7.34. The van der Waals surface area contributed by atoms with Crippen LogP contribution in [0.4, 0.5) is 4.39 Å². The number of alkyl halides is 1. The molecule has 0 aromatic heterocycles. The van der Waals surface area contributed by atoms with E-state index < -0.39 is 0 Å². The fraction of sp³-hybridized carbons (Fsp3) is 0.462. The minimum atomic E-state index is -0.243. The van der Waals surface area contributed by atoms with E-state index in [1.807, 2.05) is 30.3 Å². The number of hydrogen-bond donors (Lipinski definition) is 0. The summed E-state index contributed by atoms with van der Waals surface area (Å²) in [6.45, 7) is -0.243. The zero-order chi connectivity index (χ0) is 10.9. The van der Waals surface area contributed by atoms with Crippen molar-refractivity contribution in [2.45, 2.75) is 32.1 Å². The first-order valence-electron chi connectivity index (χ1n) is 5.49. The number of unbranched alkanes of at least 4 members (excludes halogenated alkanes) is 3. The number of hydrogen-bond acceptors (Lipinski definition) is 1. The molecule has 0 aliphatic heterocycles. The van der Waals surface area contributed by atoms with Crippen LogP contribution in [0, 0.1) is 0 Å². The van der Waals surface area contributed by atoms with E-state index in [1.165, 1.54) is 0 Å². The van der Waals surface area contributed by atoms with Crippen LogP contribution in [0.1, 0.15) is 42.5 Å². The van der Waals surface area contributed by atoms with Crippen molar-refractivity contribution in [3.63, 3.8) is 0 Å². The predicted octanol–water partition coefficient (Wildman–Crippen LogP) is 3.79. The summed E-state index contributed by atoms with van der Waals surface area (Å²) in [6.07, 6.45) is 3.91. The van der Waals surface area contributed by atoms with Gasteiger partial charge in [0.05, 0.1) is 6.67 Å². The van der Waals surface area contributed by atoms with E-state index in [0.29, 0.717) is 12.8 Å². The molecular weight excluding hydrogens is 191 g/mol. The van der Waals surface area contributed by atoms with Gasteiger partial charge in [-0.25, -0.2) is 0 Å². The standard InChI is InChI=1S/C13H17FO/c14-11-7-2-1-6-10-13(15)12-8-4-3-5-9-12/h3-5,8-9H,1-2,6-7,10-11H2. The van der Waals surface area contributed by atoms with E-state index in [9.17, 15) is 9.18 Å². The molecule has 0 spiro atoms. The van der Waals surface area contributed by atoms with Crippen molar-refractivity contribution >= 4 is 5.78 Å². The third kappa shape index (κ3) is 4.73. The van der Waals surface area contributed by atoms with Gasteiger partial charge >= 0.3 is 0 Å². The number of benzene rings is 1. The molecule has 1 nitrogen and oxygen atoms in total. The molecule has 1 rings (SSSR count). The van der Waals surface area contributed by atoms with Crippen LogP contribution in [0.3, 0.4) is 0 Å². The van der Waals surface area contributed by atoms with E-state index >= 15 is 0 Å². The molecule has 0 heterocycles. The zero-order valence-corrected chi connectivity index (χ0v) is 8.92. The van der Waals surface area contributed by atoms with Gasteiger partial charge < -0.3 is 0 Å². The topological polar surface area (TPSA) is 17.1 Å². The Morgan fingerprint density at radius 1 is 1.00 bits per heavy atom. The van der Waals surface area contributed by atoms with Crippen molar-refractivity contribution in [2.75, 3.05) is 6.67 Å². The van der Waals surface area contributed by atoms with Crippen molar-refractivity contribution in [1.82, 2.24) is 0 Å². The summed E-state index contributed by atoms with van der Waals surface area (Å²) in [7, 11) is 0. The molecule has 82 valence electrons. The van der Waals surface area contributed by atoms with E-state index in [-0.39, 0.29) is 12.5 Å². The summed E-state index contributed by atoms with van der Waals surface area (Å²) in [5.41, 5.74) is 0.781. The number of ketones is 1. The normalized spacial score (nSPS) is 10.2. The highest BCUT2D eigenvalue weighted by atomic mass is 19.1. The SMILES string of the molecule is O=C(CCCCCCF)c1ccccc1. The molecule has 0 aliphatic rings. The molecule has 0 saturated carbocycles. The summed E-state index contributed by atoms with van der Waals surface area (Å²) in [6, 6.07) is 9.32. The summed E-state index contributed by atoms with van der Waals surface area (Å²) in [5.74, 6) is 0.191. The molecule has 1 aromatic rings. The molecule has 0 N–H and O–H groups in total. The number of halogens is 1. The fourth-order valence-electron chi connectivity index (χ4n) is 1.50. The van der Waals surface area contributed by atoms with Gasteiger partial charge in [0.2, 0.25) is 0 Å². The van der Waals surface area contributed by atoms with Gasteiger partial charge in [-0.2, -0.15) is 0 Å². The largest absolute Gasteiger partial charge is 0.294 e. The quantitative estimate of drug-likeness (QED) is 0.492. The molecule has 0 fully saturated rings. The fourth-order valence-corrected chi connectivity index (χ4v) is 1.50. The minimum absolute atomic E-state index is 0.191. The maximum Gasteiger partial charge on any atom is 0.162 e. The van der Waals surface area contributed by atoms with Crippen molar-refractivity contribution in [2.24, 2.45) is 0 Å². The van der Waals surface area contributed by atoms with Crippen LogP contribution in [-0.2, 0) is 0 Å². The van der Waals surface area contributed by atoms with Gasteiger partial charge in [0.1, 0.15) is 0 Å². The monoisotopic (exact) mass is 208 g/mol. The summed E-state index contributed by atoms with van der Waals surface area (Å²) < 4.78 is 11.8. The average molecular weight is 208 g/mol. The Kier molecular flexibility index (Phi) is 5.67.